The lowest BCUT2D eigenvalue weighted by atomic mass is 9.97. The van der Waals surface area contributed by atoms with Gasteiger partial charge in [-0.25, -0.2) is 0 Å². The average molecular weight is 307 g/mol. The maximum atomic E-state index is 12.0. The number of carbonyl (C=O) groups is 1. The summed E-state index contributed by atoms with van der Waals surface area (Å²) >= 11 is 1.60. The summed E-state index contributed by atoms with van der Waals surface area (Å²) in [5.41, 5.74) is 2.44. The Labute approximate surface area is 131 Å². The van der Waals surface area contributed by atoms with Crippen molar-refractivity contribution in [2.75, 3.05) is 18.9 Å². The zero-order chi connectivity index (χ0) is 15.2. The molecule has 2 atom stereocenters. The van der Waals surface area contributed by atoms with Gasteiger partial charge < -0.3 is 10.4 Å². The molecule has 0 saturated heterocycles. The molecule has 0 heterocycles. The lowest BCUT2D eigenvalue weighted by Crippen LogP contribution is -2.32. The lowest BCUT2D eigenvalue weighted by Gasteiger charge is -2.17. The summed E-state index contributed by atoms with van der Waals surface area (Å²) in [5, 5.41) is 12.3. The van der Waals surface area contributed by atoms with Crippen LogP contribution in [0, 0.1) is 25.7 Å². The number of benzene rings is 1. The second-order valence-electron chi connectivity index (χ2n) is 6.00. The van der Waals surface area contributed by atoms with Gasteiger partial charge in [0.1, 0.15) is 0 Å². The predicted octanol–water partition coefficient (Wildman–Crippen LogP) is 2.92. The Hall–Kier alpha value is -1.00. The third-order valence-electron chi connectivity index (χ3n) is 4.31. The molecule has 0 radical (unpaired) electrons. The summed E-state index contributed by atoms with van der Waals surface area (Å²) in [7, 11) is 0. The van der Waals surface area contributed by atoms with Crippen molar-refractivity contribution in [2.45, 2.75) is 38.0 Å². The number of nitrogens with one attached hydrogen (secondary N) is 1. The zero-order valence-corrected chi connectivity index (χ0v) is 13.7. The van der Waals surface area contributed by atoms with E-state index in [1.165, 1.54) is 22.4 Å². The normalized spacial score (nSPS) is 21.5. The first-order valence-electron chi connectivity index (χ1n) is 7.67. The molecule has 21 heavy (non-hydrogen) atoms. The van der Waals surface area contributed by atoms with Crippen LogP contribution in [-0.2, 0) is 4.79 Å². The molecular weight excluding hydrogens is 282 g/mol. The van der Waals surface area contributed by atoms with Gasteiger partial charge in [-0.05, 0) is 50.2 Å². The molecule has 4 heteroatoms. The smallest absolute Gasteiger partial charge is 0.230 e. The van der Waals surface area contributed by atoms with Gasteiger partial charge in [0.2, 0.25) is 5.91 Å². The third-order valence-corrected chi connectivity index (χ3v) is 5.47. The standard InChI is InChI=1S/C17H25NO2S/c1-12-6-7-13(2)16(8-12)21-11-17(20)18-9-14-4-3-5-15(14)10-19/h6-8,14-15,19H,3-5,9-11H2,1-2H3,(H,18,20). The van der Waals surface area contributed by atoms with Gasteiger partial charge in [0.25, 0.3) is 0 Å². The highest BCUT2D eigenvalue weighted by Crippen LogP contribution is 2.30. The monoisotopic (exact) mass is 307 g/mol. The number of aliphatic hydroxyl groups excluding tert-OH is 1. The van der Waals surface area contributed by atoms with Crippen LogP contribution in [-0.4, -0.2) is 29.9 Å². The molecule has 116 valence electrons. The van der Waals surface area contributed by atoms with Crippen molar-refractivity contribution >= 4 is 17.7 Å². The van der Waals surface area contributed by atoms with Gasteiger partial charge in [-0.1, -0.05) is 24.1 Å². The largest absolute Gasteiger partial charge is 0.396 e. The van der Waals surface area contributed by atoms with Crippen molar-refractivity contribution in [1.29, 1.82) is 0 Å². The Morgan fingerprint density at radius 2 is 2.10 bits per heavy atom. The second-order valence-corrected chi connectivity index (χ2v) is 7.01. The first kappa shape index (κ1) is 16.4. The van der Waals surface area contributed by atoms with E-state index < -0.39 is 0 Å². The maximum Gasteiger partial charge on any atom is 0.230 e. The zero-order valence-electron chi connectivity index (χ0n) is 12.9. The van der Waals surface area contributed by atoms with E-state index in [-0.39, 0.29) is 12.5 Å². The van der Waals surface area contributed by atoms with Gasteiger partial charge in [-0.3, -0.25) is 4.79 Å². The summed E-state index contributed by atoms with van der Waals surface area (Å²) in [5.74, 6) is 1.37. The Kier molecular flexibility index (Phi) is 6.12. The van der Waals surface area contributed by atoms with Crippen LogP contribution in [0.15, 0.2) is 23.1 Å². The minimum Gasteiger partial charge on any atom is -0.396 e. The lowest BCUT2D eigenvalue weighted by molar-refractivity contribution is -0.118. The first-order chi connectivity index (χ1) is 10.1. The Morgan fingerprint density at radius 3 is 2.86 bits per heavy atom. The first-order valence-corrected chi connectivity index (χ1v) is 8.66. The quantitative estimate of drug-likeness (QED) is 0.795. The number of rotatable bonds is 6. The van der Waals surface area contributed by atoms with Gasteiger partial charge in [-0.15, -0.1) is 11.8 Å². The highest BCUT2D eigenvalue weighted by Gasteiger charge is 2.26. The number of hydrogen-bond acceptors (Lipinski definition) is 3. The molecule has 3 nitrogen and oxygen atoms in total. The fraction of sp³-hybridized carbons (Fsp3) is 0.588. The summed E-state index contributed by atoms with van der Waals surface area (Å²) in [4.78, 5) is 13.1. The van der Waals surface area contributed by atoms with Gasteiger partial charge in [0, 0.05) is 18.0 Å². The summed E-state index contributed by atoms with van der Waals surface area (Å²) < 4.78 is 0. The Bertz CT molecular complexity index is 490. The van der Waals surface area contributed by atoms with E-state index >= 15 is 0 Å². The molecule has 1 aliphatic carbocycles. The number of aryl methyl sites for hydroxylation is 2. The van der Waals surface area contributed by atoms with Crippen LogP contribution in [0.5, 0.6) is 0 Å². The number of amides is 1. The molecule has 1 saturated carbocycles. The molecule has 1 aliphatic rings. The molecule has 1 fully saturated rings. The van der Waals surface area contributed by atoms with Gasteiger partial charge in [0.15, 0.2) is 0 Å². The molecule has 1 amide bonds. The molecule has 2 unspecified atom stereocenters. The second kappa shape index (κ2) is 7.85. The summed E-state index contributed by atoms with van der Waals surface area (Å²) in [6, 6.07) is 6.32. The minimum atomic E-state index is 0.0875. The van der Waals surface area contributed by atoms with Crippen LogP contribution in [0.3, 0.4) is 0 Å². The van der Waals surface area contributed by atoms with Crippen LogP contribution in [0.2, 0.25) is 0 Å². The number of carbonyl (C=O) groups excluding carboxylic acids is 1. The van der Waals surface area contributed by atoms with Crippen LogP contribution in [0.25, 0.3) is 0 Å². The molecular formula is C17H25NO2S. The van der Waals surface area contributed by atoms with E-state index in [1.54, 1.807) is 11.8 Å². The molecule has 0 aliphatic heterocycles. The van der Waals surface area contributed by atoms with Crippen LogP contribution >= 0.6 is 11.8 Å². The fourth-order valence-electron chi connectivity index (χ4n) is 2.92. The van der Waals surface area contributed by atoms with E-state index in [4.69, 9.17) is 0 Å². The van der Waals surface area contributed by atoms with E-state index in [1.807, 2.05) is 0 Å². The van der Waals surface area contributed by atoms with E-state index in [0.717, 1.165) is 12.8 Å². The summed E-state index contributed by atoms with van der Waals surface area (Å²) in [6.07, 6.45) is 3.38. The number of thioether (sulfide) groups is 1. The minimum absolute atomic E-state index is 0.0875. The van der Waals surface area contributed by atoms with E-state index in [9.17, 15) is 9.90 Å². The van der Waals surface area contributed by atoms with Crippen molar-refractivity contribution in [3.05, 3.63) is 29.3 Å². The Balaban J connectivity index is 1.76. The molecule has 1 aromatic rings. The molecule has 1 aromatic carbocycles. The molecule has 0 bridgehead atoms. The predicted molar refractivity (Wildman–Crippen MR) is 87.6 cm³/mol. The van der Waals surface area contributed by atoms with Crippen molar-refractivity contribution in [1.82, 2.24) is 5.32 Å². The van der Waals surface area contributed by atoms with Gasteiger partial charge >= 0.3 is 0 Å². The molecule has 2 rings (SSSR count). The molecule has 2 N–H and O–H groups in total. The topological polar surface area (TPSA) is 49.3 Å². The SMILES string of the molecule is Cc1ccc(C)c(SCC(=O)NCC2CCCC2CO)c1. The molecule has 0 spiro atoms. The van der Waals surface area contributed by atoms with Crippen molar-refractivity contribution in [3.8, 4) is 0 Å². The maximum absolute atomic E-state index is 12.0. The third kappa shape index (κ3) is 4.75. The van der Waals surface area contributed by atoms with Gasteiger partial charge in [-0.2, -0.15) is 0 Å². The fourth-order valence-corrected chi connectivity index (χ4v) is 3.88. The molecule has 0 aromatic heterocycles. The summed E-state index contributed by atoms with van der Waals surface area (Å²) in [6.45, 7) is 5.10. The van der Waals surface area contributed by atoms with E-state index in [0.29, 0.717) is 24.1 Å². The average Bonchev–Trinajstić information content (AvgIpc) is 2.93. The van der Waals surface area contributed by atoms with Crippen LogP contribution < -0.4 is 5.32 Å². The number of aliphatic hydroxyl groups is 1. The van der Waals surface area contributed by atoms with Crippen molar-refractivity contribution < 1.29 is 9.90 Å². The van der Waals surface area contributed by atoms with Crippen molar-refractivity contribution in [2.24, 2.45) is 11.8 Å². The highest BCUT2D eigenvalue weighted by atomic mass is 32.2. The highest BCUT2D eigenvalue weighted by molar-refractivity contribution is 8.00. The van der Waals surface area contributed by atoms with Crippen LogP contribution in [0.1, 0.15) is 30.4 Å². The van der Waals surface area contributed by atoms with Crippen molar-refractivity contribution in [3.63, 3.8) is 0 Å². The number of hydrogen-bond donors (Lipinski definition) is 2. The van der Waals surface area contributed by atoms with Gasteiger partial charge in [0.05, 0.1) is 5.75 Å². The van der Waals surface area contributed by atoms with Crippen LogP contribution in [0.4, 0.5) is 0 Å². The Morgan fingerprint density at radius 1 is 1.33 bits per heavy atom. The van der Waals surface area contributed by atoms with E-state index in [2.05, 4.69) is 37.4 Å².